The lowest BCUT2D eigenvalue weighted by Crippen LogP contribution is -2.50. The number of hydrogen-bond donors (Lipinski definition) is 0. The lowest BCUT2D eigenvalue weighted by molar-refractivity contribution is 0.0116. The average Bonchev–Trinajstić information content (AvgIpc) is 3.46. The van der Waals surface area contributed by atoms with Gasteiger partial charge in [0.05, 0.1) is 16.8 Å². The Hall–Kier alpha value is -4.06. The fraction of sp³-hybridized carbons (Fsp3) is 0.448. The summed E-state index contributed by atoms with van der Waals surface area (Å²) in [5, 5.41) is 10.1. The van der Waals surface area contributed by atoms with Crippen LogP contribution in [0.5, 0.6) is 0 Å². The predicted molar refractivity (Wildman–Crippen MR) is 146 cm³/mol. The molecule has 1 fully saturated rings. The number of oxazole rings is 1. The maximum absolute atomic E-state index is 13.0. The third-order valence-corrected chi connectivity index (χ3v) is 7.07. The number of fused-ring (bicyclic) bond motifs is 1. The molecule has 1 atom stereocenters. The van der Waals surface area contributed by atoms with E-state index in [0.717, 1.165) is 22.4 Å². The first kappa shape index (κ1) is 27.0. The number of nitrogens with zero attached hydrogens (tertiary/aromatic N) is 5. The Kier molecular flexibility index (Phi) is 6.87. The van der Waals surface area contributed by atoms with E-state index in [1.807, 2.05) is 65.0 Å². The number of likely N-dealkylation sites (N-methyl/N-ethyl adjacent to an activating group) is 1. The van der Waals surface area contributed by atoms with Crippen molar-refractivity contribution in [1.82, 2.24) is 14.8 Å². The normalized spacial score (nSPS) is 17.4. The van der Waals surface area contributed by atoms with Crippen molar-refractivity contribution < 1.29 is 18.7 Å². The summed E-state index contributed by atoms with van der Waals surface area (Å²) in [5.41, 5.74) is 3.28. The number of nitriles is 1. The third-order valence-electron chi connectivity index (χ3n) is 7.07. The number of carbonyl (C=O) groups is 2. The van der Waals surface area contributed by atoms with Crippen LogP contribution in [0.2, 0.25) is 0 Å². The van der Waals surface area contributed by atoms with Crippen molar-refractivity contribution in [2.45, 2.75) is 52.2 Å². The monoisotopic (exact) mass is 517 g/mol. The van der Waals surface area contributed by atoms with Crippen LogP contribution in [0.1, 0.15) is 55.9 Å². The van der Waals surface area contributed by atoms with E-state index in [2.05, 4.69) is 16.0 Å². The summed E-state index contributed by atoms with van der Waals surface area (Å²) in [6.45, 7) is 10.6. The Bertz CT molecular complexity index is 1430. The molecule has 2 aromatic carbocycles. The van der Waals surface area contributed by atoms with Crippen molar-refractivity contribution in [2.24, 2.45) is 0 Å². The number of ether oxygens (including phenoxy) is 1. The Morgan fingerprint density at radius 1 is 1.18 bits per heavy atom. The van der Waals surface area contributed by atoms with Crippen LogP contribution in [0.4, 0.5) is 10.5 Å². The Balaban J connectivity index is 1.90. The summed E-state index contributed by atoms with van der Waals surface area (Å²) < 4.78 is 11.8. The summed E-state index contributed by atoms with van der Waals surface area (Å²) in [6.07, 6.45) is 0.305. The fourth-order valence-corrected chi connectivity index (χ4v) is 4.88. The topological polar surface area (TPSA) is 103 Å². The lowest BCUT2D eigenvalue weighted by atomic mass is 9.93. The number of amides is 2. The van der Waals surface area contributed by atoms with Crippen LogP contribution >= 0.6 is 0 Å². The van der Waals surface area contributed by atoms with Crippen molar-refractivity contribution in [1.29, 1.82) is 5.26 Å². The van der Waals surface area contributed by atoms with Crippen molar-refractivity contribution in [3.05, 3.63) is 47.3 Å². The highest BCUT2D eigenvalue weighted by molar-refractivity contribution is 6.04. The molecule has 1 saturated heterocycles. The fourth-order valence-electron chi connectivity index (χ4n) is 4.88. The van der Waals surface area contributed by atoms with E-state index in [-0.39, 0.29) is 17.9 Å². The molecule has 0 aliphatic carbocycles. The van der Waals surface area contributed by atoms with E-state index >= 15 is 0 Å². The van der Waals surface area contributed by atoms with Gasteiger partial charge in [-0.15, -0.1) is 0 Å². The highest BCUT2D eigenvalue weighted by atomic mass is 16.6. The lowest BCUT2D eigenvalue weighted by Gasteiger charge is -2.37. The van der Waals surface area contributed by atoms with Gasteiger partial charge in [-0.2, -0.15) is 5.26 Å². The van der Waals surface area contributed by atoms with Crippen molar-refractivity contribution in [2.75, 3.05) is 39.1 Å². The zero-order valence-electron chi connectivity index (χ0n) is 23.4. The number of hydrogen-bond acceptors (Lipinski definition) is 7. The molecule has 0 saturated carbocycles. The molecule has 4 rings (SSSR count). The van der Waals surface area contributed by atoms with Gasteiger partial charge in [0.1, 0.15) is 17.2 Å². The van der Waals surface area contributed by atoms with Gasteiger partial charge in [0.2, 0.25) is 0 Å². The molecule has 38 heavy (non-hydrogen) atoms. The third kappa shape index (κ3) is 4.78. The first-order valence-corrected chi connectivity index (χ1v) is 12.6. The van der Waals surface area contributed by atoms with Crippen LogP contribution in [-0.2, 0) is 4.74 Å². The maximum atomic E-state index is 13.0. The van der Waals surface area contributed by atoms with Gasteiger partial charge in [-0.25, -0.2) is 9.78 Å². The molecule has 9 heteroatoms. The smallest absolute Gasteiger partial charge is 0.410 e. The first-order valence-electron chi connectivity index (χ1n) is 12.6. The zero-order valence-corrected chi connectivity index (χ0v) is 23.4. The molecule has 0 unspecified atom stereocenters. The molecule has 0 bridgehead atoms. The Morgan fingerprint density at radius 2 is 1.84 bits per heavy atom. The molecular formula is C29H35N5O4. The van der Waals surface area contributed by atoms with Crippen molar-refractivity contribution in [3.8, 4) is 17.2 Å². The minimum absolute atomic E-state index is 0.0693. The molecule has 2 heterocycles. The van der Waals surface area contributed by atoms with Crippen LogP contribution in [0.15, 0.2) is 34.7 Å². The van der Waals surface area contributed by atoms with Gasteiger partial charge >= 0.3 is 12.0 Å². The first-order chi connectivity index (χ1) is 17.8. The van der Waals surface area contributed by atoms with Crippen LogP contribution < -0.4 is 4.90 Å². The van der Waals surface area contributed by atoms with E-state index in [9.17, 15) is 14.9 Å². The molecule has 9 nitrogen and oxygen atoms in total. The van der Waals surface area contributed by atoms with Crippen LogP contribution in [0.25, 0.3) is 22.2 Å². The molecule has 3 aromatic rings. The zero-order chi connectivity index (χ0) is 28.0. The van der Waals surface area contributed by atoms with E-state index < -0.39 is 11.1 Å². The standard InChI is InChI=1S/C29H35N5O4/c1-18-20(16-30)22-24(37-25(31-22)26(35)32(6)7)23(21(18)19-12-10-9-11-13-19)34-15-14-29(5,17-34)33(8)27(36)38-28(2,3)4/h9-13H,14-15,17H2,1-8H3/t29-/m0/s1. The quantitative estimate of drug-likeness (QED) is 0.468. The van der Waals surface area contributed by atoms with Gasteiger partial charge in [-0.1, -0.05) is 30.3 Å². The summed E-state index contributed by atoms with van der Waals surface area (Å²) >= 11 is 0. The number of rotatable bonds is 4. The SMILES string of the molecule is Cc1c(-c2ccccc2)c(N2CC[C@](C)(N(C)C(=O)OC(C)(C)C)C2)c2oc(C(=O)N(C)C)nc2c1C#N. The van der Waals surface area contributed by atoms with Gasteiger partial charge in [0.15, 0.2) is 5.58 Å². The number of benzene rings is 2. The second kappa shape index (κ2) is 9.67. The van der Waals surface area contributed by atoms with Crippen molar-refractivity contribution in [3.63, 3.8) is 0 Å². The minimum Gasteiger partial charge on any atom is -0.444 e. The molecule has 0 N–H and O–H groups in total. The Morgan fingerprint density at radius 3 is 2.42 bits per heavy atom. The van der Waals surface area contributed by atoms with Gasteiger partial charge < -0.3 is 23.9 Å². The predicted octanol–water partition coefficient (Wildman–Crippen LogP) is 5.21. The summed E-state index contributed by atoms with van der Waals surface area (Å²) in [4.78, 5) is 35.4. The minimum atomic E-state index is -0.605. The largest absolute Gasteiger partial charge is 0.444 e. The van der Waals surface area contributed by atoms with Gasteiger partial charge in [0, 0.05) is 39.8 Å². The molecule has 1 aliphatic rings. The van der Waals surface area contributed by atoms with Crippen LogP contribution in [0, 0.1) is 18.3 Å². The summed E-state index contributed by atoms with van der Waals surface area (Å²) in [6, 6.07) is 12.1. The highest BCUT2D eigenvalue weighted by Crippen LogP contribution is 2.45. The van der Waals surface area contributed by atoms with Crippen LogP contribution in [0.3, 0.4) is 0 Å². The van der Waals surface area contributed by atoms with Crippen LogP contribution in [-0.4, -0.2) is 72.2 Å². The maximum Gasteiger partial charge on any atom is 0.410 e. The average molecular weight is 518 g/mol. The van der Waals surface area contributed by atoms with Gasteiger partial charge in [-0.05, 0) is 52.2 Å². The van der Waals surface area contributed by atoms with Crippen molar-refractivity contribution >= 4 is 28.8 Å². The van der Waals surface area contributed by atoms with Gasteiger partial charge in [0.25, 0.3) is 5.89 Å². The molecule has 0 spiro atoms. The molecule has 200 valence electrons. The molecule has 1 aliphatic heterocycles. The molecular weight excluding hydrogens is 482 g/mol. The molecule has 0 radical (unpaired) electrons. The van der Waals surface area contributed by atoms with E-state index in [1.165, 1.54) is 4.90 Å². The van der Waals surface area contributed by atoms with E-state index in [1.54, 1.807) is 26.0 Å². The summed E-state index contributed by atoms with van der Waals surface area (Å²) in [5.74, 6) is -0.453. The van der Waals surface area contributed by atoms with E-state index in [4.69, 9.17) is 9.15 Å². The molecule has 2 amide bonds. The van der Waals surface area contributed by atoms with E-state index in [0.29, 0.717) is 36.2 Å². The highest BCUT2D eigenvalue weighted by Gasteiger charge is 2.43. The number of anilines is 1. The molecule has 1 aromatic heterocycles. The summed E-state index contributed by atoms with van der Waals surface area (Å²) in [7, 11) is 5.02. The second-order valence-electron chi connectivity index (χ2n) is 11.3. The number of carbonyl (C=O) groups excluding carboxylic acids is 2. The Labute approximate surface area is 223 Å². The second-order valence-corrected chi connectivity index (χ2v) is 11.3. The van der Waals surface area contributed by atoms with Gasteiger partial charge in [-0.3, -0.25) is 4.79 Å². The number of aromatic nitrogens is 1.